The van der Waals surface area contributed by atoms with Crippen LogP contribution in [0.25, 0.3) is 0 Å². The monoisotopic (exact) mass is 292 g/mol. The Labute approximate surface area is 124 Å². The molecule has 1 heterocycles. The van der Waals surface area contributed by atoms with Crippen LogP contribution in [0.15, 0.2) is 24.3 Å². The second kappa shape index (κ2) is 7.20. The second-order valence-electron chi connectivity index (χ2n) is 5.41. The van der Waals surface area contributed by atoms with Crippen molar-refractivity contribution < 1.29 is 14.0 Å². The van der Waals surface area contributed by atoms with Crippen molar-refractivity contribution >= 4 is 11.8 Å². The molecular formula is C16H21FN2O2. The van der Waals surface area contributed by atoms with Crippen molar-refractivity contribution in [3.63, 3.8) is 0 Å². The quantitative estimate of drug-likeness (QED) is 0.919. The summed E-state index contributed by atoms with van der Waals surface area (Å²) in [6.45, 7) is 3.27. The van der Waals surface area contributed by atoms with Crippen molar-refractivity contribution in [1.29, 1.82) is 0 Å². The zero-order valence-corrected chi connectivity index (χ0v) is 12.3. The standard InChI is InChI=1S/C16H21FN2O2/c1-12(20)19-10-7-14(8-11-19)16(21)18-9-6-13-4-2-3-5-15(13)17/h2-5,14H,6-11H2,1H3,(H,18,21). The molecule has 1 saturated heterocycles. The number of nitrogens with one attached hydrogen (secondary N) is 1. The van der Waals surface area contributed by atoms with Gasteiger partial charge in [-0.25, -0.2) is 4.39 Å². The summed E-state index contributed by atoms with van der Waals surface area (Å²) in [7, 11) is 0. The van der Waals surface area contributed by atoms with Gasteiger partial charge in [0.15, 0.2) is 0 Å². The van der Waals surface area contributed by atoms with Gasteiger partial charge in [-0.3, -0.25) is 9.59 Å². The van der Waals surface area contributed by atoms with Crippen LogP contribution in [0.4, 0.5) is 4.39 Å². The number of halogens is 1. The maximum absolute atomic E-state index is 13.4. The summed E-state index contributed by atoms with van der Waals surface area (Å²) >= 11 is 0. The first kappa shape index (κ1) is 15.5. The molecule has 0 spiro atoms. The number of amides is 2. The predicted octanol–water partition coefficient (Wildman–Crippen LogP) is 1.74. The number of rotatable bonds is 4. The highest BCUT2D eigenvalue weighted by Crippen LogP contribution is 2.17. The molecule has 2 rings (SSSR count). The van der Waals surface area contributed by atoms with Gasteiger partial charge in [-0.05, 0) is 30.9 Å². The molecule has 1 aliphatic heterocycles. The van der Waals surface area contributed by atoms with Crippen LogP contribution in [0.5, 0.6) is 0 Å². The Bertz CT molecular complexity index is 511. The van der Waals surface area contributed by atoms with E-state index in [0.717, 1.165) is 0 Å². The molecule has 0 bridgehead atoms. The molecule has 5 heteroatoms. The molecule has 114 valence electrons. The van der Waals surface area contributed by atoms with Crippen molar-refractivity contribution in [2.24, 2.45) is 5.92 Å². The van der Waals surface area contributed by atoms with E-state index in [4.69, 9.17) is 0 Å². The van der Waals surface area contributed by atoms with Crippen molar-refractivity contribution in [1.82, 2.24) is 10.2 Å². The highest BCUT2D eigenvalue weighted by molar-refractivity contribution is 5.79. The third-order valence-electron chi connectivity index (χ3n) is 3.96. The van der Waals surface area contributed by atoms with E-state index >= 15 is 0 Å². The van der Waals surface area contributed by atoms with Crippen molar-refractivity contribution in [3.05, 3.63) is 35.6 Å². The molecule has 4 nitrogen and oxygen atoms in total. The van der Waals surface area contributed by atoms with Crippen LogP contribution in [0.2, 0.25) is 0 Å². The van der Waals surface area contributed by atoms with Gasteiger partial charge in [0.2, 0.25) is 11.8 Å². The van der Waals surface area contributed by atoms with Crippen LogP contribution in [-0.4, -0.2) is 36.3 Å². The van der Waals surface area contributed by atoms with Crippen LogP contribution in [0.1, 0.15) is 25.3 Å². The van der Waals surface area contributed by atoms with Crippen molar-refractivity contribution in [3.8, 4) is 0 Å². The van der Waals surface area contributed by atoms with Crippen LogP contribution in [0, 0.1) is 11.7 Å². The molecule has 0 atom stereocenters. The van der Waals surface area contributed by atoms with Gasteiger partial charge in [0.25, 0.3) is 0 Å². The van der Waals surface area contributed by atoms with Crippen LogP contribution >= 0.6 is 0 Å². The zero-order valence-electron chi connectivity index (χ0n) is 12.3. The summed E-state index contributed by atoms with van der Waals surface area (Å²) in [5.74, 6) is -0.203. The Balaban J connectivity index is 1.73. The Kier molecular flexibility index (Phi) is 5.31. The lowest BCUT2D eigenvalue weighted by molar-refractivity contribution is -0.133. The molecule has 1 N–H and O–H groups in total. The van der Waals surface area contributed by atoms with E-state index in [-0.39, 0.29) is 23.5 Å². The Morgan fingerprint density at radius 2 is 1.95 bits per heavy atom. The van der Waals surface area contributed by atoms with Gasteiger partial charge in [-0.15, -0.1) is 0 Å². The molecule has 0 unspecified atom stereocenters. The number of likely N-dealkylation sites (tertiary alicyclic amines) is 1. The van der Waals surface area contributed by atoms with E-state index in [9.17, 15) is 14.0 Å². The average Bonchev–Trinajstić information content (AvgIpc) is 2.49. The minimum Gasteiger partial charge on any atom is -0.356 e. The lowest BCUT2D eigenvalue weighted by Gasteiger charge is -2.30. The topological polar surface area (TPSA) is 49.4 Å². The number of hydrogen-bond acceptors (Lipinski definition) is 2. The lowest BCUT2D eigenvalue weighted by Crippen LogP contribution is -2.42. The fraction of sp³-hybridized carbons (Fsp3) is 0.500. The number of carbonyl (C=O) groups excluding carboxylic acids is 2. The number of carbonyl (C=O) groups is 2. The first-order valence-corrected chi connectivity index (χ1v) is 7.34. The minimum absolute atomic E-state index is 0.00883. The fourth-order valence-corrected chi connectivity index (χ4v) is 2.62. The third kappa shape index (κ3) is 4.28. The first-order valence-electron chi connectivity index (χ1n) is 7.34. The summed E-state index contributed by atoms with van der Waals surface area (Å²) in [6, 6.07) is 6.60. The number of hydrogen-bond donors (Lipinski definition) is 1. The van der Waals surface area contributed by atoms with Crippen LogP contribution < -0.4 is 5.32 Å². The molecule has 0 radical (unpaired) electrons. The molecule has 1 aliphatic rings. The SMILES string of the molecule is CC(=O)N1CCC(C(=O)NCCc2ccccc2F)CC1. The molecule has 0 saturated carbocycles. The summed E-state index contributed by atoms with van der Waals surface area (Å²) in [6.07, 6.45) is 1.89. The summed E-state index contributed by atoms with van der Waals surface area (Å²) in [5, 5.41) is 2.86. The van der Waals surface area contributed by atoms with Gasteiger partial charge < -0.3 is 10.2 Å². The molecular weight excluding hydrogens is 271 g/mol. The van der Waals surface area contributed by atoms with E-state index in [2.05, 4.69) is 5.32 Å². The van der Waals surface area contributed by atoms with Crippen molar-refractivity contribution in [2.45, 2.75) is 26.2 Å². The third-order valence-corrected chi connectivity index (χ3v) is 3.96. The Morgan fingerprint density at radius 3 is 2.57 bits per heavy atom. The average molecular weight is 292 g/mol. The number of piperidine rings is 1. The summed E-state index contributed by atoms with van der Waals surface area (Å²) < 4.78 is 13.4. The smallest absolute Gasteiger partial charge is 0.223 e. The van der Waals surface area contributed by atoms with Gasteiger partial charge in [-0.1, -0.05) is 18.2 Å². The fourth-order valence-electron chi connectivity index (χ4n) is 2.62. The Morgan fingerprint density at radius 1 is 1.29 bits per heavy atom. The van der Waals surface area contributed by atoms with Crippen molar-refractivity contribution in [2.75, 3.05) is 19.6 Å². The maximum atomic E-state index is 13.4. The first-order chi connectivity index (χ1) is 10.1. The molecule has 1 aromatic rings. The Hall–Kier alpha value is -1.91. The molecule has 2 amide bonds. The van der Waals surface area contributed by atoms with E-state index in [1.807, 2.05) is 0 Å². The van der Waals surface area contributed by atoms with Gasteiger partial charge in [0, 0.05) is 32.5 Å². The highest BCUT2D eigenvalue weighted by atomic mass is 19.1. The molecule has 1 fully saturated rings. The van der Waals surface area contributed by atoms with Gasteiger partial charge in [0.1, 0.15) is 5.82 Å². The molecule has 0 aliphatic carbocycles. The highest BCUT2D eigenvalue weighted by Gasteiger charge is 2.25. The molecule has 0 aromatic heterocycles. The van der Waals surface area contributed by atoms with Crippen LogP contribution in [-0.2, 0) is 16.0 Å². The summed E-state index contributed by atoms with van der Waals surface area (Å²) in [4.78, 5) is 25.0. The van der Waals surface area contributed by atoms with Gasteiger partial charge in [-0.2, -0.15) is 0 Å². The van der Waals surface area contributed by atoms with E-state index in [1.54, 1.807) is 30.0 Å². The summed E-state index contributed by atoms with van der Waals surface area (Å²) in [5.41, 5.74) is 0.615. The van der Waals surface area contributed by atoms with E-state index < -0.39 is 0 Å². The van der Waals surface area contributed by atoms with Gasteiger partial charge >= 0.3 is 0 Å². The molecule has 1 aromatic carbocycles. The predicted molar refractivity (Wildman–Crippen MR) is 78.1 cm³/mol. The largest absolute Gasteiger partial charge is 0.356 e. The van der Waals surface area contributed by atoms with Gasteiger partial charge in [0.05, 0.1) is 0 Å². The maximum Gasteiger partial charge on any atom is 0.223 e. The minimum atomic E-state index is -0.235. The second-order valence-corrected chi connectivity index (χ2v) is 5.41. The van der Waals surface area contributed by atoms with Crippen LogP contribution in [0.3, 0.4) is 0 Å². The normalized spacial score (nSPS) is 15.8. The number of nitrogens with zero attached hydrogens (tertiary/aromatic N) is 1. The molecule has 21 heavy (non-hydrogen) atoms. The lowest BCUT2D eigenvalue weighted by atomic mass is 9.96. The van der Waals surface area contributed by atoms with E-state index in [1.165, 1.54) is 6.07 Å². The van der Waals surface area contributed by atoms with E-state index in [0.29, 0.717) is 44.5 Å². The zero-order chi connectivity index (χ0) is 15.2. The number of benzene rings is 1.